The zero-order valence-electron chi connectivity index (χ0n) is 10.1. The molecule has 0 radical (unpaired) electrons. The molecule has 94 valence electrons. The predicted molar refractivity (Wildman–Crippen MR) is 74.0 cm³/mol. The van der Waals surface area contributed by atoms with Crippen molar-refractivity contribution in [1.82, 2.24) is 4.98 Å². The Morgan fingerprint density at radius 1 is 1.47 bits per heavy atom. The molecular weight excluding hydrogens is 255 g/mol. The number of alkyl halides is 1. The third kappa shape index (κ3) is 3.05. The quantitative estimate of drug-likeness (QED) is 0.768. The molecule has 0 N–H and O–H groups in total. The average molecular weight is 273 g/mol. The zero-order chi connectivity index (χ0) is 12.3. The van der Waals surface area contributed by atoms with E-state index in [9.17, 15) is 0 Å². The van der Waals surface area contributed by atoms with E-state index < -0.39 is 0 Å². The highest BCUT2D eigenvalue weighted by molar-refractivity contribution is 6.32. The fourth-order valence-electron chi connectivity index (χ4n) is 2.43. The van der Waals surface area contributed by atoms with E-state index in [1.165, 1.54) is 19.3 Å². The van der Waals surface area contributed by atoms with Crippen LogP contribution in [0.5, 0.6) is 0 Å². The summed E-state index contributed by atoms with van der Waals surface area (Å²) in [6, 6.07) is 3.89. The van der Waals surface area contributed by atoms with Gasteiger partial charge in [0.1, 0.15) is 5.82 Å². The van der Waals surface area contributed by atoms with Crippen LogP contribution in [0.3, 0.4) is 0 Å². The molecule has 0 aliphatic carbocycles. The molecule has 2 rings (SSSR count). The van der Waals surface area contributed by atoms with Crippen LogP contribution in [0.15, 0.2) is 12.1 Å². The number of pyridine rings is 1. The van der Waals surface area contributed by atoms with Crippen molar-refractivity contribution < 1.29 is 0 Å². The lowest BCUT2D eigenvalue weighted by molar-refractivity contribution is 0.529. The third-order valence-electron chi connectivity index (χ3n) is 3.34. The number of aromatic nitrogens is 1. The highest BCUT2D eigenvalue weighted by Crippen LogP contribution is 2.27. The predicted octanol–water partition coefficient (Wildman–Crippen LogP) is 4.10. The fraction of sp³-hybridized carbons (Fsp3) is 0.615. The van der Waals surface area contributed by atoms with Crippen molar-refractivity contribution in [3.8, 4) is 0 Å². The molecule has 1 fully saturated rings. The van der Waals surface area contributed by atoms with Crippen LogP contribution in [-0.4, -0.2) is 18.1 Å². The number of nitrogens with zero attached hydrogens (tertiary/aromatic N) is 2. The second kappa shape index (κ2) is 5.92. The first-order valence-corrected chi connectivity index (χ1v) is 7.12. The largest absolute Gasteiger partial charge is 0.356 e. The summed E-state index contributed by atoms with van der Waals surface area (Å²) in [5.74, 6) is 2.21. The summed E-state index contributed by atoms with van der Waals surface area (Å²) in [5.41, 5.74) is 0.782. The second-order valence-electron chi connectivity index (χ2n) is 4.62. The molecule has 4 heteroatoms. The molecule has 1 saturated heterocycles. The van der Waals surface area contributed by atoms with Crippen LogP contribution in [0.4, 0.5) is 5.82 Å². The highest BCUT2D eigenvalue weighted by Gasteiger charge is 2.22. The molecule has 1 atom stereocenters. The molecule has 1 aromatic heterocycles. The van der Waals surface area contributed by atoms with Crippen LogP contribution in [-0.2, 0) is 5.88 Å². The SMILES string of the molecule is CCCC1CCN(c2ccc(Cl)c(CCl)n2)C1. The highest BCUT2D eigenvalue weighted by atomic mass is 35.5. The molecule has 0 spiro atoms. The van der Waals surface area contributed by atoms with Crippen LogP contribution in [0.2, 0.25) is 5.02 Å². The molecule has 1 aromatic rings. The fourth-order valence-corrected chi connectivity index (χ4v) is 2.87. The van der Waals surface area contributed by atoms with Gasteiger partial charge in [-0.2, -0.15) is 0 Å². The van der Waals surface area contributed by atoms with E-state index in [1.54, 1.807) is 0 Å². The summed E-state index contributed by atoms with van der Waals surface area (Å²) >= 11 is 11.8. The minimum Gasteiger partial charge on any atom is -0.356 e. The molecule has 2 nitrogen and oxygen atoms in total. The molecule has 0 aromatic carbocycles. The molecule has 1 aliphatic rings. The van der Waals surface area contributed by atoms with Crippen LogP contribution < -0.4 is 4.90 Å². The first kappa shape index (κ1) is 13.0. The van der Waals surface area contributed by atoms with E-state index in [0.717, 1.165) is 30.5 Å². The topological polar surface area (TPSA) is 16.1 Å². The monoisotopic (exact) mass is 272 g/mol. The average Bonchev–Trinajstić information content (AvgIpc) is 2.79. The van der Waals surface area contributed by atoms with E-state index >= 15 is 0 Å². The Morgan fingerprint density at radius 3 is 3.00 bits per heavy atom. The van der Waals surface area contributed by atoms with Crippen molar-refractivity contribution in [2.24, 2.45) is 5.92 Å². The van der Waals surface area contributed by atoms with Crippen LogP contribution in [0.1, 0.15) is 31.9 Å². The van der Waals surface area contributed by atoms with E-state index in [4.69, 9.17) is 23.2 Å². The van der Waals surface area contributed by atoms with Gasteiger partial charge in [0.15, 0.2) is 0 Å². The summed E-state index contributed by atoms with van der Waals surface area (Å²) in [4.78, 5) is 6.87. The van der Waals surface area contributed by atoms with Gasteiger partial charge >= 0.3 is 0 Å². The Bertz CT molecular complexity index is 382. The van der Waals surface area contributed by atoms with Gasteiger partial charge in [-0.05, 0) is 30.9 Å². The van der Waals surface area contributed by atoms with Gasteiger partial charge in [-0.25, -0.2) is 4.98 Å². The van der Waals surface area contributed by atoms with Crippen molar-refractivity contribution in [1.29, 1.82) is 0 Å². The van der Waals surface area contributed by atoms with Crippen molar-refractivity contribution in [2.75, 3.05) is 18.0 Å². The van der Waals surface area contributed by atoms with Gasteiger partial charge in [-0.1, -0.05) is 24.9 Å². The maximum atomic E-state index is 6.02. The molecule has 0 saturated carbocycles. The smallest absolute Gasteiger partial charge is 0.128 e. The van der Waals surface area contributed by atoms with Gasteiger partial charge < -0.3 is 4.90 Å². The van der Waals surface area contributed by atoms with E-state index in [0.29, 0.717) is 10.9 Å². The van der Waals surface area contributed by atoms with Gasteiger partial charge in [0, 0.05) is 13.1 Å². The Labute approximate surface area is 113 Å². The third-order valence-corrected chi connectivity index (χ3v) is 3.93. The number of anilines is 1. The number of halogens is 2. The molecule has 0 amide bonds. The minimum atomic E-state index is 0.374. The van der Waals surface area contributed by atoms with Crippen molar-refractivity contribution in [3.05, 3.63) is 22.8 Å². The Morgan fingerprint density at radius 2 is 2.29 bits per heavy atom. The van der Waals surface area contributed by atoms with E-state index in [-0.39, 0.29) is 0 Å². The lowest BCUT2D eigenvalue weighted by Crippen LogP contribution is -2.21. The maximum absolute atomic E-state index is 6.02. The number of hydrogen-bond acceptors (Lipinski definition) is 2. The first-order chi connectivity index (χ1) is 8.24. The normalized spacial score (nSPS) is 19.9. The van der Waals surface area contributed by atoms with Crippen molar-refractivity contribution in [2.45, 2.75) is 32.1 Å². The summed E-state index contributed by atoms with van der Waals surface area (Å²) in [7, 11) is 0. The van der Waals surface area contributed by atoms with E-state index in [2.05, 4.69) is 16.8 Å². The molecule has 2 heterocycles. The van der Waals surface area contributed by atoms with Crippen molar-refractivity contribution in [3.63, 3.8) is 0 Å². The Hall–Kier alpha value is -0.470. The lowest BCUT2D eigenvalue weighted by atomic mass is 10.0. The van der Waals surface area contributed by atoms with Crippen LogP contribution in [0, 0.1) is 5.92 Å². The number of rotatable bonds is 4. The number of hydrogen-bond donors (Lipinski definition) is 0. The Kier molecular flexibility index (Phi) is 4.52. The van der Waals surface area contributed by atoms with Crippen LogP contribution in [0.25, 0.3) is 0 Å². The molecule has 1 aliphatic heterocycles. The van der Waals surface area contributed by atoms with Gasteiger partial charge in [-0.15, -0.1) is 11.6 Å². The molecule has 0 bridgehead atoms. The summed E-state index contributed by atoms with van der Waals surface area (Å²) < 4.78 is 0. The molecule has 17 heavy (non-hydrogen) atoms. The summed E-state index contributed by atoms with van der Waals surface area (Å²) in [5, 5.41) is 0.660. The zero-order valence-corrected chi connectivity index (χ0v) is 11.6. The van der Waals surface area contributed by atoms with E-state index in [1.807, 2.05) is 12.1 Å². The maximum Gasteiger partial charge on any atom is 0.128 e. The molecular formula is C13H18Cl2N2. The first-order valence-electron chi connectivity index (χ1n) is 6.21. The summed E-state index contributed by atoms with van der Waals surface area (Å²) in [6.45, 7) is 4.46. The lowest BCUT2D eigenvalue weighted by Gasteiger charge is -2.18. The van der Waals surface area contributed by atoms with Gasteiger partial charge in [0.25, 0.3) is 0 Å². The van der Waals surface area contributed by atoms with Gasteiger partial charge in [-0.3, -0.25) is 0 Å². The second-order valence-corrected chi connectivity index (χ2v) is 5.30. The standard InChI is InChI=1S/C13H18Cl2N2/c1-2-3-10-6-7-17(9-10)13-5-4-11(15)12(8-14)16-13/h4-5,10H,2-3,6-9H2,1H3. The van der Waals surface area contributed by atoms with Gasteiger partial charge in [0.2, 0.25) is 0 Å². The molecule has 1 unspecified atom stereocenters. The minimum absolute atomic E-state index is 0.374. The van der Waals surface area contributed by atoms with Gasteiger partial charge in [0.05, 0.1) is 16.6 Å². The van der Waals surface area contributed by atoms with Crippen molar-refractivity contribution >= 4 is 29.0 Å². The Balaban J connectivity index is 2.08. The summed E-state index contributed by atoms with van der Waals surface area (Å²) in [6.07, 6.45) is 3.85. The van der Waals surface area contributed by atoms with Crippen LogP contribution >= 0.6 is 23.2 Å².